The van der Waals surface area contributed by atoms with Gasteiger partial charge >= 0.3 is 0 Å². The van der Waals surface area contributed by atoms with Crippen LogP contribution in [0.2, 0.25) is 0 Å². The number of aromatic nitrogens is 3. The molecule has 2 aromatic rings. The smallest absolute Gasteiger partial charge is 0.247 e. The van der Waals surface area contributed by atoms with Gasteiger partial charge in [0.05, 0.1) is 19.4 Å². The SMILES string of the molecule is Brc1cccc(Nc2cnnc(N3CCOCC3)n2)c1. The van der Waals surface area contributed by atoms with Gasteiger partial charge in [-0.05, 0) is 18.2 Å². The van der Waals surface area contributed by atoms with Crippen molar-refractivity contribution in [1.29, 1.82) is 0 Å². The van der Waals surface area contributed by atoms with Gasteiger partial charge in [-0.15, -0.1) is 5.10 Å². The molecule has 104 valence electrons. The van der Waals surface area contributed by atoms with Gasteiger partial charge < -0.3 is 15.0 Å². The number of rotatable bonds is 3. The summed E-state index contributed by atoms with van der Waals surface area (Å²) in [6, 6.07) is 7.89. The number of halogens is 1. The molecule has 3 rings (SSSR count). The molecule has 1 fully saturated rings. The average Bonchev–Trinajstić information content (AvgIpc) is 2.48. The zero-order valence-electron chi connectivity index (χ0n) is 10.8. The van der Waals surface area contributed by atoms with E-state index in [0.717, 1.165) is 23.2 Å². The molecule has 1 aliphatic rings. The first-order chi connectivity index (χ1) is 9.81. The highest BCUT2D eigenvalue weighted by atomic mass is 79.9. The summed E-state index contributed by atoms with van der Waals surface area (Å²) >= 11 is 3.44. The van der Waals surface area contributed by atoms with Crippen molar-refractivity contribution in [3.63, 3.8) is 0 Å². The average molecular weight is 336 g/mol. The number of nitrogens with one attached hydrogen (secondary N) is 1. The van der Waals surface area contributed by atoms with Crippen LogP contribution in [0.3, 0.4) is 0 Å². The van der Waals surface area contributed by atoms with Gasteiger partial charge in [-0.25, -0.2) is 0 Å². The lowest BCUT2D eigenvalue weighted by atomic mass is 10.3. The molecule has 7 heteroatoms. The fraction of sp³-hybridized carbons (Fsp3) is 0.308. The predicted molar refractivity (Wildman–Crippen MR) is 80.3 cm³/mol. The molecule has 0 atom stereocenters. The molecule has 0 amide bonds. The molecule has 0 saturated carbocycles. The van der Waals surface area contributed by atoms with Crippen molar-refractivity contribution in [3.05, 3.63) is 34.9 Å². The molecule has 0 bridgehead atoms. The van der Waals surface area contributed by atoms with E-state index >= 15 is 0 Å². The van der Waals surface area contributed by atoms with Crippen molar-refractivity contribution in [1.82, 2.24) is 15.2 Å². The highest BCUT2D eigenvalue weighted by Crippen LogP contribution is 2.20. The molecular formula is C13H14BrN5O. The Morgan fingerprint density at radius 1 is 1.25 bits per heavy atom. The molecule has 1 N–H and O–H groups in total. The van der Waals surface area contributed by atoms with Crippen molar-refractivity contribution in [2.75, 3.05) is 36.5 Å². The van der Waals surface area contributed by atoms with Gasteiger partial charge in [0.15, 0.2) is 5.82 Å². The Balaban J connectivity index is 1.77. The van der Waals surface area contributed by atoms with Gasteiger partial charge in [-0.1, -0.05) is 22.0 Å². The Hall–Kier alpha value is -1.73. The maximum absolute atomic E-state index is 5.32. The van der Waals surface area contributed by atoms with Crippen LogP contribution in [0.1, 0.15) is 0 Å². The Kier molecular flexibility index (Phi) is 4.08. The predicted octanol–water partition coefficient (Wildman–Crippen LogP) is 2.21. The van der Waals surface area contributed by atoms with Crippen LogP contribution in [0, 0.1) is 0 Å². The fourth-order valence-electron chi connectivity index (χ4n) is 1.97. The van der Waals surface area contributed by atoms with E-state index in [9.17, 15) is 0 Å². The van der Waals surface area contributed by atoms with Crippen molar-refractivity contribution < 1.29 is 4.74 Å². The first-order valence-electron chi connectivity index (χ1n) is 6.36. The molecule has 6 nitrogen and oxygen atoms in total. The lowest BCUT2D eigenvalue weighted by molar-refractivity contribution is 0.122. The van der Waals surface area contributed by atoms with Crippen molar-refractivity contribution in [2.45, 2.75) is 0 Å². The van der Waals surface area contributed by atoms with Gasteiger partial charge in [-0.2, -0.15) is 10.1 Å². The van der Waals surface area contributed by atoms with E-state index < -0.39 is 0 Å². The number of nitrogens with zero attached hydrogens (tertiary/aromatic N) is 4. The molecule has 1 aromatic heterocycles. The largest absolute Gasteiger partial charge is 0.378 e. The van der Waals surface area contributed by atoms with E-state index in [2.05, 4.69) is 41.3 Å². The first kappa shape index (κ1) is 13.3. The lowest BCUT2D eigenvalue weighted by Gasteiger charge is -2.26. The van der Waals surface area contributed by atoms with E-state index in [4.69, 9.17) is 4.74 Å². The minimum absolute atomic E-state index is 0.633. The zero-order valence-corrected chi connectivity index (χ0v) is 12.4. The van der Waals surface area contributed by atoms with E-state index in [0.29, 0.717) is 25.0 Å². The molecule has 2 heterocycles. The summed E-state index contributed by atoms with van der Waals surface area (Å²) in [6.07, 6.45) is 1.62. The van der Waals surface area contributed by atoms with Crippen molar-refractivity contribution in [3.8, 4) is 0 Å². The topological polar surface area (TPSA) is 63.2 Å². The number of anilines is 3. The normalized spacial score (nSPS) is 15.2. The molecule has 0 radical (unpaired) electrons. The van der Waals surface area contributed by atoms with Gasteiger partial charge in [-0.3, -0.25) is 0 Å². The molecule has 20 heavy (non-hydrogen) atoms. The number of hydrogen-bond acceptors (Lipinski definition) is 6. The van der Waals surface area contributed by atoms with Gasteiger partial charge in [0.2, 0.25) is 5.95 Å². The fourth-order valence-corrected chi connectivity index (χ4v) is 2.37. The number of hydrogen-bond donors (Lipinski definition) is 1. The van der Waals surface area contributed by atoms with E-state index in [-0.39, 0.29) is 0 Å². The Labute approximate surface area is 125 Å². The molecular weight excluding hydrogens is 322 g/mol. The van der Waals surface area contributed by atoms with Crippen LogP contribution in [0.25, 0.3) is 0 Å². The number of benzene rings is 1. The minimum atomic E-state index is 0.633. The van der Waals surface area contributed by atoms with Gasteiger partial charge in [0.25, 0.3) is 0 Å². The Morgan fingerprint density at radius 2 is 2.10 bits per heavy atom. The molecule has 0 spiro atoms. The van der Waals surface area contributed by atoms with Crippen molar-refractivity contribution >= 4 is 33.4 Å². The van der Waals surface area contributed by atoms with Crippen molar-refractivity contribution in [2.24, 2.45) is 0 Å². The van der Waals surface area contributed by atoms with Crippen LogP contribution in [0.5, 0.6) is 0 Å². The lowest BCUT2D eigenvalue weighted by Crippen LogP contribution is -2.37. The maximum Gasteiger partial charge on any atom is 0.247 e. The number of morpholine rings is 1. The first-order valence-corrected chi connectivity index (χ1v) is 7.15. The maximum atomic E-state index is 5.32. The third kappa shape index (κ3) is 3.23. The second-order valence-electron chi connectivity index (χ2n) is 4.38. The van der Waals surface area contributed by atoms with Crippen LogP contribution in [-0.2, 0) is 4.74 Å². The highest BCUT2D eigenvalue weighted by Gasteiger charge is 2.14. The van der Waals surface area contributed by atoms with Crippen LogP contribution >= 0.6 is 15.9 Å². The van der Waals surface area contributed by atoms with Gasteiger partial charge in [0, 0.05) is 23.2 Å². The highest BCUT2D eigenvalue weighted by molar-refractivity contribution is 9.10. The third-order valence-electron chi connectivity index (χ3n) is 2.94. The molecule has 1 aromatic carbocycles. The van der Waals surface area contributed by atoms with E-state index in [1.165, 1.54) is 0 Å². The van der Waals surface area contributed by atoms with Crippen LogP contribution < -0.4 is 10.2 Å². The summed E-state index contributed by atoms with van der Waals surface area (Å²) in [6.45, 7) is 2.99. The standard InChI is InChI=1S/C13H14BrN5O/c14-10-2-1-3-11(8-10)16-12-9-15-18-13(17-12)19-4-6-20-7-5-19/h1-3,8-9H,4-7H2,(H,16,17,18). The second kappa shape index (κ2) is 6.15. The van der Waals surface area contributed by atoms with E-state index in [1.54, 1.807) is 6.20 Å². The second-order valence-corrected chi connectivity index (χ2v) is 5.29. The Morgan fingerprint density at radius 3 is 2.90 bits per heavy atom. The molecule has 0 unspecified atom stereocenters. The van der Waals surface area contributed by atoms with E-state index in [1.807, 2.05) is 24.3 Å². The zero-order chi connectivity index (χ0) is 13.8. The molecule has 1 aliphatic heterocycles. The molecule has 1 saturated heterocycles. The van der Waals surface area contributed by atoms with Crippen LogP contribution in [0.15, 0.2) is 34.9 Å². The summed E-state index contributed by atoms with van der Waals surface area (Å²) in [5.41, 5.74) is 0.952. The summed E-state index contributed by atoms with van der Waals surface area (Å²) in [5, 5.41) is 11.3. The number of ether oxygens (including phenoxy) is 1. The summed E-state index contributed by atoms with van der Waals surface area (Å²) in [4.78, 5) is 6.56. The summed E-state index contributed by atoms with van der Waals surface area (Å²) < 4.78 is 6.33. The van der Waals surface area contributed by atoms with Crippen LogP contribution in [-0.4, -0.2) is 41.5 Å². The summed E-state index contributed by atoms with van der Waals surface area (Å²) in [7, 11) is 0. The third-order valence-corrected chi connectivity index (χ3v) is 3.43. The monoisotopic (exact) mass is 335 g/mol. The molecule has 0 aliphatic carbocycles. The summed E-state index contributed by atoms with van der Waals surface area (Å²) in [5.74, 6) is 1.31. The quantitative estimate of drug-likeness (QED) is 0.927. The minimum Gasteiger partial charge on any atom is -0.378 e. The van der Waals surface area contributed by atoms with Crippen LogP contribution in [0.4, 0.5) is 17.5 Å². The van der Waals surface area contributed by atoms with Gasteiger partial charge in [0.1, 0.15) is 0 Å². The Bertz CT molecular complexity index is 588.